The molecule has 0 radical (unpaired) electrons. The summed E-state index contributed by atoms with van der Waals surface area (Å²) in [7, 11) is 6.94. The quantitative estimate of drug-likeness (QED) is 0.212. The predicted molar refractivity (Wildman–Crippen MR) is 298 cm³/mol. The van der Waals surface area contributed by atoms with Gasteiger partial charge in [-0.1, -0.05) is 71.9 Å². The van der Waals surface area contributed by atoms with Crippen LogP contribution in [0.2, 0.25) is 0 Å². The van der Waals surface area contributed by atoms with Crippen LogP contribution in [0.5, 0.6) is 0 Å². The van der Waals surface area contributed by atoms with E-state index in [0.29, 0.717) is 31.5 Å². The van der Waals surface area contributed by atoms with Crippen molar-refractivity contribution in [1.82, 2.24) is 50.7 Å². The number of ether oxygens (including phenoxy) is 1. The zero-order valence-electron chi connectivity index (χ0n) is 50.1. The molecule has 2 fully saturated rings. The Labute approximate surface area is 468 Å². The number of piperidine rings is 1. The molecule has 1 aromatic carbocycles. The molecule has 2 heterocycles. The molecule has 0 aromatic heterocycles. The summed E-state index contributed by atoms with van der Waals surface area (Å²) in [6.07, 6.45) is 0.334. The molecule has 0 aliphatic carbocycles. The number of likely N-dealkylation sites (N-methyl/N-ethyl adjacent to an activating group) is 5. The third-order valence-corrected chi connectivity index (χ3v) is 14.9. The molecule has 2 saturated heterocycles. The summed E-state index contributed by atoms with van der Waals surface area (Å²) in [4.78, 5) is 153. The summed E-state index contributed by atoms with van der Waals surface area (Å²) < 4.78 is 6.05. The van der Waals surface area contributed by atoms with Crippen LogP contribution < -0.4 is 21.3 Å². The van der Waals surface area contributed by atoms with Gasteiger partial charge in [-0.15, -0.1) is 0 Å². The third kappa shape index (κ3) is 19.0. The molecule has 0 bridgehead atoms. The van der Waals surface area contributed by atoms with Gasteiger partial charge in [-0.05, 0) is 97.0 Å². The average molecular weight is 1110 g/mol. The molecule has 2 aliphatic heterocycles. The second-order valence-corrected chi connectivity index (χ2v) is 23.7. The summed E-state index contributed by atoms with van der Waals surface area (Å²) in [5.41, 5.74) is -0.142. The standard InChI is InChI=1S/C57H94N10O12/c1-33(2)28-42-49(71)59-41(32-79-57(10,11)12)48(70)58-40(53(75)67-26-22-19-23-27-67)31-45(69)60-46(35(5)6)55(77)66(17)44(30-39-24-20-18-21-25-39)54(76)62(13)36(7)51(73)65(16)43(29-34(3)4)50(72)61-47(38(9)68)56(78)63(14)37(8)52(74)64(42)15/h18,20-21,24-25,33-38,40-44,46-47,68H,19,22-23,26-32H2,1-17H3,(H,58,70)(H,59,71)(H,60,69)(H,61,72)/t36-,37-,38+,40-,41-,42-,43-,44-,46+,47-/m0/s1. The summed E-state index contributed by atoms with van der Waals surface area (Å²) in [5, 5.41) is 22.0. The second kappa shape index (κ2) is 29.9. The van der Waals surface area contributed by atoms with Crippen LogP contribution in [-0.2, 0) is 59.1 Å². The molecule has 1 aromatic rings. The van der Waals surface area contributed by atoms with E-state index in [9.17, 15) is 53.1 Å². The summed E-state index contributed by atoms with van der Waals surface area (Å²) in [6, 6.07) is -3.08. The maximum absolute atomic E-state index is 14.9. The van der Waals surface area contributed by atoms with E-state index in [4.69, 9.17) is 4.74 Å². The lowest BCUT2D eigenvalue weighted by atomic mass is 9.98. The van der Waals surface area contributed by atoms with Gasteiger partial charge in [0.25, 0.3) is 0 Å². The zero-order valence-corrected chi connectivity index (χ0v) is 50.1. The molecule has 3 rings (SSSR count). The topological polar surface area (TPSA) is 268 Å². The number of hydrogen-bond donors (Lipinski definition) is 5. The van der Waals surface area contributed by atoms with Gasteiger partial charge in [0.15, 0.2) is 0 Å². The fourth-order valence-electron chi connectivity index (χ4n) is 9.60. The van der Waals surface area contributed by atoms with E-state index in [1.54, 1.807) is 69.9 Å². The van der Waals surface area contributed by atoms with Crippen LogP contribution >= 0.6 is 0 Å². The van der Waals surface area contributed by atoms with Gasteiger partial charge in [-0.3, -0.25) is 47.9 Å². The van der Waals surface area contributed by atoms with E-state index in [-0.39, 0.29) is 37.7 Å². The minimum absolute atomic E-state index is 0.00283. The highest BCUT2D eigenvalue weighted by Crippen LogP contribution is 2.21. The van der Waals surface area contributed by atoms with Crippen LogP contribution in [0.15, 0.2) is 30.3 Å². The fraction of sp³-hybridized carbons (Fsp3) is 0.719. The van der Waals surface area contributed by atoms with E-state index in [1.165, 1.54) is 70.7 Å². The molecule has 5 N–H and O–H groups in total. The van der Waals surface area contributed by atoms with Crippen molar-refractivity contribution in [2.24, 2.45) is 17.8 Å². The summed E-state index contributed by atoms with van der Waals surface area (Å²) >= 11 is 0. The molecular weight excluding hydrogens is 1020 g/mol. The maximum Gasteiger partial charge on any atom is 0.248 e. The SMILES string of the molecule is CC(C)C[C@H]1C(=O)N[C@@H](COC(C)(C)C)C(=O)N[C@H](C(=O)N2CCCCC2)CC(=O)N[C@H](C(C)C)C(=O)N(C)[C@@H](Cc2ccccc2)C(=O)N(C)[C@@H](C)C(=O)N(C)[C@@H](CC(C)C)C(=O)N[C@@H]([C@@H](C)O)C(=O)N(C)[C@@H](C)C(=O)N1C. The van der Waals surface area contributed by atoms with Crippen LogP contribution in [0.4, 0.5) is 0 Å². The van der Waals surface area contributed by atoms with E-state index in [2.05, 4.69) is 21.3 Å². The van der Waals surface area contributed by atoms with Crippen molar-refractivity contribution < 1.29 is 57.8 Å². The van der Waals surface area contributed by atoms with Crippen molar-refractivity contribution in [1.29, 1.82) is 0 Å². The van der Waals surface area contributed by atoms with E-state index in [0.717, 1.165) is 16.2 Å². The third-order valence-electron chi connectivity index (χ3n) is 14.9. The van der Waals surface area contributed by atoms with Gasteiger partial charge in [-0.2, -0.15) is 0 Å². The first-order chi connectivity index (χ1) is 36.7. The number of nitrogens with one attached hydrogen (secondary N) is 4. The number of nitrogens with zero attached hydrogens (tertiary/aromatic N) is 6. The lowest BCUT2D eigenvalue weighted by Crippen LogP contribution is -2.62. The average Bonchev–Trinajstić information content (AvgIpc) is 3.40. The van der Waals surface area contributed by atoms with Crippen molar-refractivity contribution in [3.8, 4) is 0 Å². The first-order valence-corrected chi connectivity index (χ1v) is 27.9. The highest BCUT2D eigenvalue weighted by Gasteiger charge is 2.43. The summed E-state index contributed by atoms with van der Waals surface area (Å²) in [6.45, 7) is 20.6. The number of aliphatic hydroxyl groups is 1. The number of carbonyl (C=O) groups excluding carboxylic acids is 10. The van der Waals surface area contributed by atoms with Gasteiger partial charge < -0.3 is 60.5 Å². The fourth-order valence-corrected chi connectivity index (χ4v) is 9.60. The molecule has 0 saturated carbocycles. The molecule has 0 spiro atoms. The van der Waals surface area contributed by atoms with Gasteiger partial charge in [0.2, 0.25) is 59.1 Å². The van der Waals surface area contributed by atoms with Gasteiger partial charge in [-0.25, -0.2) is 0 Å². The lowest BCUT2D eigenvalue weighted by Gasteiger charge is -2.38. The first kappa shape index (κ1) is 67.1. The van der Waals surface area contributed by atoms with Crippen molar-refractivity contribution >= 4 is 59.1 Å². The van der Waals surface area contributed by atoms with Crippen molar-refractivity contribution in [2.45, 2.75) is 194 Å². The Morgan fingerprint density at radius 3 is 1.53 bits per heavy atom. The minimum atomic E-state index is -1.61. The van der Waals surface area contributed by atoms with Crippen LogP contribution in [-0.4, -0.2) is 215 Å². The molecular formula is C57H94N10O12. The molecule has 10 atom stereocenters. The number of amides is 10. The molecule has 444 valence electrons. The Bertz CT molecular complexity index is 2280. The number of hydrogen-bond acceptors (Lipinski definition) is 12. The Balaban J connectivity index is 2.30. The lowest BCUT2D eigenvalue weighted by molar-refractivity contribution is -0.153. The van der Waals surface area contributed by atoms with E-state index < -0.39 is 137 Å². The van der Waals surface area contributed by atoms with Crippen LogP contribution in [0, 0.1) is 17.8 Å². The van der Waals surface area contributed by atoms with Gasteiger partial charge in [0, 0.05) is 54.7 Å². The molecule has 0 unspecified atom stereocenters. The molecule has 22 nitrogen and oxygen atoms in total. The highest BCUT2D eigenvalue weighted by molar-refractivity contribution is 5.99. The Morgan fingerprint density at radius 2 is 1.06 bits per heavy atom. The van der Waals surface area contributed by atoms with Crippen LogP contribution in [0.3, 0.4) is 0 Å². The predicted octanol–water partition coefficient (Wildman–Crippen LogP) is 1.70. The van der Waals surface area contributed by atoms with Crippen molar-refractivity contribution in [3.05, 3.63) is 35.9 Å². The smallest absolute Gasteiger partial charge is 0.248 e. The molecule has 2 aliphatic rings. The highest BCUT2D eigenvalue weighted by atomic mass is 16.5. The number of carbonyl (C=O) groups is 10. The summed E-state index contributed by atoms with van der Waals surface area (Å²) in [5.74, 6) is -8.17. The zero-order chi connectivity index (χ0) is 60.0. The largest absolute Gasteiger partial charge is 0.391 e. The first-order valence-electron chi connectivity index (χ1n) is 27.9. The number of benzene rings is 1. The maximum atomic E-state index is 14.9. The Kier molecular flexibility index (Phi) is 25.4. The minimum Gasteiger partial charge on any atom is -0.391 e. The Morgan fingerprint density at radius 1 is 0.595 bits per heavy atom. The molecule has 79 heavy (non-hydrogen) atoms. The van der Waals surface area contributed by atoms with Gasteiger partial charge in [0.1, 0.15) is 54.4 Å². The van der Waals surface area contributed by atoms with Crippen molar-refractivity contribution in [3.63, 3.8) is 0 Å². The van der Waals surface area contributed by atoms with Gasteiger partial charge in [0.05, 0.1) is 24.7 Å². The Hall–Kier alpha value is -6.16. The van der Waals surface area contributed by atoms with Crippen LogP contribution in [0.1, 0.15) is 127 Å². The molecule has 22 heteroatoms. The second-order valence-electron chi connectivity index (χ2n) is 23.7. The monoisotopic (exact) mass is 1110 g/mol. The normalized spacial score (nSPS) is 26.7. The van der Waals surface area contributed by atoms with Crippen LogP contribution in [0.25, 0.3) is 0 Å². The van der Waals surface area contributed by atoms with E-state index in [1.807, 2.05) is 27.7 Å². The van der Waals surface area contributed by atoms with Gasteiger partial charge >= 0.3 is 0 Å². The number of aliphatic hydroxyl groups excluding tert-OH is 1. The van der Waals surface area contributed by atoms with Crippen molar-refractivity contribution in [2.75, 3.05) is 54.9 Å². The van der Waals surface area contributed by atoms with E-state index >= 15 is 0 Å². The number of likely N-dealkylation sites (tertiary alicyclic amines) is 1. The number of rotatable bonds is 11. The molecule has 10 amide bonds.